The van der Waals surface area contributed by atoms with Gasteiger partial charge in [0.25, 0.3) is 0 Å². The molecule has 1 aromatic heterocycles. The van der Waals surface area contributed by atoms with Crippen molar-refractivity contribution in [2.45, 2.75) is 6.42 Å². The van der Waals surface area contributed by atoms with E-state index in [4.69, 9.17) is 10.5 Å². The van der Waals surface area contributed by atoms with Crippen LogP contribution < -0.4 is 10.5 Å². The van der Waals surface area contributed by atoms with E-state index in [1.807, 2.05) is 12.1 Å². The summed E-state index contributed by atoms with van der Waals surface area (Å²) < 4.78 is 5.40. The molecule has 0 fully saturated rings. The van der Waals surface area contributed by atoms with Crippen LogP contribution in [0.1, 0.15) is 12.0 Å². The third kappa shape index (κ3) is 1.74. The van der Waals surface area contributed by atoms with Crippen LogP contribution in [0.25, 0.3) is 6.08 Å². The van der Waals surface area contributed by atoms with Gasteiger partial charge in [-0.2, -0.15) is 0 Å². The normalized spacial score (nSPS) is 13.9. The van der Waals surface area contributed by atoms with Gasteiger partial charge in [0.2, 0.25) is 5.91 Å². The van der Waals surface area contributed by atoms with E-state index in [0.717, 1.165) is 16.9 Å². The summed E-state index contributed by atoms with van der Waals surface area (Å²) in [5, 5.41) is 0. The Morgan fingerprint density at radius 3 is 3.29 bits per heavy atom. The number of fused-ring (bicyclic) bond motifs is 1. The SMILES string of the molecule is NC(=O)CC1=Cc2ccncc2OC1. The highest BCUT2D eigenvalue weighted by molar-refractivity contribution is 5.79. The summed E-state index contributed by atoms with van der Waals surface area (Å²) in [6, 6.07) is 1.84. The van der Waals surface area contributed by atoms with E-state index in [0.29, 0.717) is 6.61 Å². The fraction of sp³-hybridized carbons (Fsp3) is 0.200. The number of rotatable bonds is 2. The van der Waals surface area contributed by atoms with Crippen molar-refractivity contribution in [1.82, 2.24) is 4.98 Å². The Hall–Kier alpha value is -1.84. The molecule has 0 saturated heterocycles. The highest BCUT2D eigenvalue weighted by atomic mass is 16.5. The van der Waals surface area contributed by atoms with Crippen LogP contribution >= 0.6 is 0 Å². The molecule has 4 heteroatoms. The molecule has 0 unspecified atom stereocenters. The predicted octanol–water partition coefficient (Wildman–Crippen LogP) is 0.733. The second-order valence-electron chi connectivity index (χ2n) is 3.15. The molecule has 2 rings (SSSR count). The average Bonchev–Trinajstić information content (AvgIpc) is 2.17. The van der Waals surface area contributed by atoms with E-state index in [2.05, 4.69) is 4.98 Å². The maximum Gasteiger partial charge on any atom is 0.221 e. The quantitative estimate of drug-likeness (QED) is 0.747. The third-order valence-corrected chi connectivity index (χ3v) is 1.99. The fourth-order valence-electron chi connectivity index (χ4n) is 1.39. The lowest BCUT2D eigenvalue weighted by Gasteiger charge is -2.16. The van der Waals surface area contributed by atoms with Crippen LogP contribution in [0.4, 0.5) is 0 Å². The molecule has 1 aliphatic heterocycles. The Morgan fingerprint density at radius 1 is 1.64 bits per heavy atom. The molecular weight excluding hydrogens is 180 g/mol. The first-order chi connectivity index (χ1) is 6.75. The Balaban J connectivity index is 2.26. The first-order valence-corrected chi connectivity index (χ1v) is 4.30. The summed E-state index contributed by atoms with van der Waals surface area (Å²) in [5.74, 6) is 0.415. The summed E-state index contributed by atoms with van der Waals surface area (Å²) in [6.07, 6.45) is 5.52. The third-order valence-electron chi connectivity index (χ3n) is 1.99. The lowest BCUT2D eigenvalue weighted by atomic mass is 10.1. The van der Waals surface area contributed by atoms with Gasteiger partial charge in [-0.15, -0.1) is 0 Å². The molecule has 1 aromatic rings. The zero-order valence-corrected chi connectivity index (χ0v) is 7.56. The predicted molar refractivity (Wildman–Crippen MR) is 51.5 cm³/mol. The van der Waals surface area contributed by atoms with Gasteiger partial charge < -0.3 is 10.5 Å². The van der Waals surface area contributed by atoms with Gasteiger partial charge in [-0.3, -0.25) is 9.78 Å². The lowest BCUT2D eigenvalue weighted by Crippen LogP contribution is -2.16. The van der Waals surface area contributed by atoms with Crippen molar-refractivity contribution in [1.29, 1.82) is 0 Å². The standard InChI is InChI=1S/C10H10N2O2/c11-10(13)4-7-3-8-1-2-12-5-9(8)14-6-7/h1-3,5H,4,6H2,(H2,11,13). The Labute approximate surface area is 81.4 Å². The molecule has 1 aliphatic rings. The molecule has 0 saturated carbocycles. The molecule has 14 heavy (non-hydrogen) atoms. The van der Waals surface area contributed by atoms with Crippen LogP contribution in [0.2, 0.25) is 0 Å². The van der Waals surface area contributed by atoms with Crippen LogP contribution in [0.5, 0.6) is 5.75 Å². The minimum absolute atomic E-state index is 0.252. The fourth-order valence-corrected chi connectivity index (χ4v) is 1.39. The van der Waals surface area contributed by atoms with Crippen LogP contribution in [0.15, 0.2) is 24.0 Å². The number of pyridine rings is 1. The molecule has 2 heterocycles. The smallest absolute Gasteiger partial charge is 0.221 e. The highest BCUT2D eigenvalue weighted by Crippen LogP contribution is 2.25. The molecule has 72 valence electrons. The maximum atomic E-state index is 10.7. The van der Waals surface area contributed by atoms with Gasteiger partial charge >= 0.3 is 0 Å². The number of carbonyl (C=O) groups excluding carboxylic acids is 1. The number of ether oxygens (including phenoxy) is 1. The first kappa shape index (κ1) is 8.74. The first-order valence-electron chi connectivity index (χ1n) is 4.30. The molecule has 0 radical (unpaired) electrons. The maximum absolute atomic E-state index is 10.7. The summed E-state index contributed by atoms with van der Waals surface area (Å²) in [7, 11) is 0. The van der Waals surface area contributed by atoms with Crippen molar-refractivity contribution < 1.29 is 9.53 Å². The largest absolute Gasteiger partial charge is 0.487 e. The van der Waals surface area contributed by atoms with Crippen molar-refractivity contribution in [2.24, 2.45) is 5.73 Å². The molecule has 0 aliphatic carbocycles. The van der Waals surface area contributed by atoms with Crippen molar-refractivity contribution in [2.75, 3.05) is 6.61 Å². The molecule has 2 N–H and O–H groups in total. The van der Waals surface area contributed by atoms with Crippen molar-refractivity contribution in [3.8, 4) is 5.75 Å². The van der Waals surface area contributed by atoms with Gasteiger partial charge in [0.15, 0.2) is 0 Å². The second kappa shape index (κ2) is 3.49. The van der Waals surface area contributed by atoms with Gasteiger partial charge in [0.1, 0.15) is 12.4 Å². The summed E-state index contributed by atoms with van der Waals surface area (Å²) >= 11 is 0. The zero-order valence-electron chi connectivity index (χ0n) is 7.56. The Kier molecular flexibility index (Phi) is 2.18. The number of nitrogens with zero attached hydrogens (tertiary/aromatic N) is 1. The highest BCUT2D eigenvalue weighted by Gasteiger charge is 2.12. The minimum atomic E-state index is -0.336. The van der Waals surface area contributed by atoms with Gasteiger partial charge in [0.05, 0.1) is 12.6 Å². The average molecular weight is 190 g/mol. The van der Waals surface area contributed by atoms with E-state index < -0.39 is 0 Å². The van der Waals surface area contributed by atoms with Gasteiger partial charge in [-0.1, -0.05) is 0 Å². The molecule has 0 spiro atoms. The summed E-state index contributed by atoms with van der Waals surface area (Å²) in [5.41, 5.74) is 6.94. The molecule has 0 aromatic carbocycles. The monoisotopic (exact) mass is 190 g/mol. The Bertz CT molecular complexity index is 399. The van der Waals surface area contributed by atoms with Gasteiger partial charge in [-0.05, 0) is 17.7 Å². The van der Waals surface area contributed by atoms with Crippen molar-refractivity contribution in [3.05, 3.63) is 29.6 Å². The number of aromatic nitrogens is 1. The second-order valence-corrected chi connectivity index (χ2v) is 3.15. The van der Waals surface area contributed by atoms with E-state index in [9.17, 15) is 4.79 Å². The van der Waals surface area contributed by atoms with Crippen molar-refractivity contribution in [3.63, 3.8) is 0 Å². The van der Waals surface area contributed by atoms with E-state index >= 15 is 0 Å². The van der Waals surface area contributed by atoms with E-state index in [1.165, 1.54) is 0 Å². The zero-order chi connectivity index (χ0) is 9.97. The summed E-state index contributed by atoms with van der Waals surface area (Å²) in [4.78, 5) is 14.6. The minimum Gasteiger partial charge on any atom is -0.487 e. The van der Waals surface area contributed by atoms with E-state index in [-0.39, 0.29) is 12.3 Å². The van der Waals surface area contributed by atoms with Crippen LogP contribution in [0, 0.1) is 0 Å². The number of hydrogen-bond donors (Lipinski definition) is 1. The molecular formula is C10H10N2O2. The summed E-state index contributed by atoms with van der Waals surface area (Å²) in [6.45, 7) is 0.418. The van der Waals surface area contributed by atoms with Crippen LogP contribution in [0.3, 0.4) is 0 Å². The lowest BCUT2D eigenvalue weighted by molar-refractivity contribution is -0.117. The topological polar surface area (TPSA) is 65.2 Å². The number of amides is 1. The number of hydrogen-bond acceptors (Lipinski definition) is 3. The van der Waals surface area contributed by atoms with Crippen molar-refractivity contribution >= 4 is 12.0 Å². The number of carbonyl (C=O) groups is 1. The molecule has 0 bridgehead atoms. The molecule has 0 atom stereocenters. The van der Waals surface area contributed by atoms with Gasteiger partial charge in [0, 0.05) is 11.8 Å². The van der Waals surface area contributed by atoms with Crippen LogP contribution in [-0.2, 0) is 4.79 Å². The van der Waals surface area contributed by atoms with Crippen LogP contribution in [-0.4, -0.2) is 17.5 Å². The van der Waals surface area contributed by atoms with E-state index in [1.54, 1.807) is 12.4 Å². The van der Waals surface area contributed by atoms with Gasteiger partial charge in [-0.25, -0.2) is 0 Å². The molecule has 4 nitrogen and oxygen atoms in total. The number of primary amides is 1. The number of nitrogens with two attached hydrogens (primary N) is 1. The Morgan fingerprint density at radius 2 is 2.50 bits per heavy atom. The molecule has 1 amide bonds.